The fourth-order valence-electron chi connectivity index (χ4n) is 1.90. The smallest absolute Gasteiger partial charge is 0.282 e. The molecule has 1 radical (unpaired) electrons. The number of hydrogen-bond donors (Lipinski definition) is 3. The Kier molecular flexibility index (Phi) is 3.80. The van der Waals surface area contributed by atoms with Crippen molar-refractivity contribution in [2.45, 2.75) is 14.7 Å². The maximum atomic E-state index is 11.4. The highest BCUT2D eigenvalue weighted by atomic mass is 32.2. The van der Waals surface area contributed by atoms with E-state index >= 15 is 0 Å². The molecule has 0 unspecified atom stereocenters. The SMILES string of the molecule is O=S(=O)(O)c1ccc2c(S(=O)(=O)O)c[c]cc2c1S(=O)(=O)O. The summed E-state index contributed by atoms with van der Waals surface area (Å²) in [4.78, 5) is -3.09. The Hall–Kier alpha value is -1.57. The van der Waals surface area contributed by atoms with Crippen LogP contribution in [0.25, 0.3) is 10.8 Å². The molecular formula is C10H7O9S3. The van der Waals surface area contributed by atoms with E-state index in [1.807, 2.05) is 0 Å². The van der Waals surface area contributed by atoms with Crippen molar-refractivity contribution in [3.8, 4) is 0 Å². The van der Waals surface area contributed by atoms with E-state index < -0.39 is 50.4 Å². The Balaban J connectivity index is 3.17. The zero-order valence-corrected chi connectivity index (χ0v) is 12.8. The molecular weight excluding hydrogens is 360 g/mol. The minimum atomic E-state index is -5.14. The minimum Gasteiger partial charge on any atom is -0.282 e. The van der Waals surface area contributed by atoms with Crippen LogP contribution in [0.15, 0.2) is 39.0 Å². The molecule has 2 aromatic rings. The predicted molar refractivity (Wildman–Crippen MR) is 72.2 cm³/mol. The number of benzene rings is 2. The third kappa shape index (κ3) is 2.97. The monoisotopic (exact) mass is 367 g/mol. The van der Waals surface area contributed by atoms with Crippen LogP contribution in [0.1, 0.15) is 0 Å². The van der Waals surface area contributed by atoms with E-state index in [1.54, 1.807) is 0 Å². The van der Waals surface area contributed by atoms with Crippen LogP contribution in [0.4, 0.5) is 0 Å². The first-order valence-electron chi connectivity index (χ1n) is 5.23. The van der Waals surface area contributed by atoms with Gasteiger partial charge in [-0.25, -0.2) is 0 Å². The van der Waals surface area contributed by atoms with Crippen molar-refractivity contribution < 1.29 is 38.9 Å². The molecule has 0 heterocycles. The van der Waals surface area contributed by atoms with Crippen molar-refractivity contribution in [1.29, 1.82) is 0 Å². The summed E-state index contributed by atoms with van der Waals surface area (Å²) >= 11 is 0. The summed E-state index contributed by atoms with van der Waals surface area (Å²) in [6.07, 6.45) is 0. The van der Waals surface area contributed by atoms with E-state index in [-0.39, 0.29) is 5.39 Å². The molecule has 0 atom stereocenters. The van der Waals surface area contributed by atoms with Gasteiger partial charge in [0.15, 0.2) is 0 Å². The van der Waals surface area contributed by atoms with Gasteiger partial charge in [-0.2, -0.15) is 25.3 Å². The quantitative estimate of drug-likeness (QED) is 0.650. The molecule has 2 aromatic carbocycles. The number of rotatable bonds is 3. The summed E-state index contributed by atoms with van der Waals surface area (Å²) in [5.74, 6) is 0. The van der Waals surface area contributed by atoms with Gasteiger partial charge in [0.25, 0.3) is 30.4 Å². The predicted octanol–water partition coefficient (Wildman–Crippen LogP) is 0.380. The summed E-state index contributed by atoms with van der Waals surface area (Å²) in [7, 11) is -14.9. The maximum absolute atomic E-state index is 11.4. The highest BCUT2D eigenvalue weighted by Crippen LogP contribution is 2.32. The lowest BCUT2D eigenvalue weighted by molar-refractivity contribution is 0.467. The molecule has 0 aliphatic heterocycles. The summed E-state index contributed by atoms with van der Waals surface area (Å²) in [6, 6.07) is 5.39. The van der Waals surface area contributed by atoms with Gasteiger partial charge in [-0.15, -0.1) is 0 Å². The van der Waals surface area contributed by atoms with Crippen molar-refractivity contribution >= 4 is 41.1 Å². The van der Waals surface area contributed by atoms with E-state index in [2.05, 4.69) is 6.07 Å². The van der Waals surface area contributed by atoms with E-state index in [9.17, 15) is 29.8 Å². The minimum absolute atomic E-state index is 0.374. The number of fused-ring (bicyclic) bond motifs is 1. The summed E-state index contributed by atoms with van der Waals surface area (Å²) < 4.78 is 95.1. The van der Waals surface area contributed by atoms with Crippen LogP contribution in [0, 0.1) is 6.07 Å². The molecule has 0 aliphatic rings. The van der Waals surface area contributed by atoms with E-state index in [0.717, 1.165) is 18.2 Å². The lowest BCUT2D eigenvalue weighted by Crippen LogP contribution is -2.10. The Morgan fingerprint density at radius 2 is 1.23 bits per heavy atom. The Bertz CT molecular complexity index is 1080. The topological polar surface area (TPSA) is 163 Å². The summed E-state index contributed by atoms with van der Waals surface area (Å²) in [5, 5.41) is -0.922. The second kappa shape index (κ2) is 4.97. The fourth-order valence-corrected chi connectivity index (χ4v) is 4.56. The molecule has 2 rings (SSSR count). The normalized spacial score (nSPS) is 13.4. The molecule has 0 amide bonds. The second-order valence-corrected chi connectivity index (χ2v) is 8.24. The Labute approximate surface area is 125 Å². The highest BCUT2D eigenvalue weighted by molar-refractivity contribution is 7.89. The maximum Gasteiger partial charge on any atom is 0.296 e. The largest absolute Gasteiger partial charge is 0.296 e. The molecule has 12 heteroatoms. The van der Waals surface area contributed by atoms with Gasteiger partial charge in [-0.3, -0.25) is 13.7 Å². The van der Waals surface area contributed by atoms with Crippen molar-refractivity contribution in [2.75, 3.05) is 0 Å². The fraction of sp³-hybridized carbons (Fsp3) is 0. The molecule has 0 fully saturated rings. The van der Waals surface area contributed by atoms with Crippen molar-refractivity contribution in [2.24, 2.45) is 0 Å². The van der Waals surface area contributed by atoms with Gasteiger partial charge in [0, 0.05) is 10.8 Å². The van der Waals surface area contributed by atoms with Crippen LogP contribution in [0.3, 0.4) is 0 Å². The van der Waals surface area contributed by atoms with Crippen molar-refractivity contribution in [3.05, 3.63) is 30.3 Å². The van der Waals surface area contributed by atoms with Gasteiger partial charge < -0.3 is 0 Å². The third-order valence-corrected chi connectivity index (χ3v) is 5.56. The van der Waals surface area contributed by atoms with Gasteiger partial charge in [-0.1, -0.05) is 6.07 Å². The Morgan fingerprint density at radius 3 is 1.68 bits per heavy atom. The second-order valence-electron chi connectivity index (χ2n) is 4.10. The van der Waals surface area contributed by atoms with Gasteiger partial charge in [-0.05, 0) is 24.3 Å². The molecule has 0 saturated heterocycles. The lowest BCUT2D eigenvalue weighted by Gasteiger charge is -2.10. The van der Waals surface area contributed by atoms with E-state index in [1.165, 1.54) is 0 Å². The van der Waals surface area contributed by atoms with Crippen LogP contribution in [0.5, 0.6) is 0 Å². The van der Waals surface area contributed by atoms with Crippen LogP contribution in [-0.4, -0.2) is 38.9 Å². The summed E-state index contributed by atoms with van der Waals surface area (Å²) in [6.45, 7) is 0. The Morgan fingerprint density at radius 1 is 0.682 bits per heavy atom. The average Bonchev–Trinajstić information content (AvgIpc) is 2.33. The summed E-state index contributed by atoms with van der Waals surface area (Å²) in [5.41, 5.74) is 0. The zero-order chi connectivity index (χ0) is 16.9. The van der Waals surface area contributed by atoms with Crippen molar-refractivity contribution in [1.82, 2.24) is 0 Å². The molecule has 0 aromatic heterocycles. The van der Waals surface area contributed by atoms with Crippen molar-refractivity contribution in [3.63, 3.8) is 0 Å². The van der Waals surface area contributed by atoms with Gasteiger partial charge >= 0.3 is 0 Å². The standard InChI is InChI=1S/C10H7O9S3/c11-20(12,13)8-3-1-2-7-6(8)4-5-9(21(14,15)16)10(7)22(17,18)19/h2-5H,(H,11,12,13)(H,14,15,16)(H,17,18,19). The molecule has 0 bridgehead atoms. The van der Waals surface area contributed by atoms with Crippen LogP contribution < -0.4 is 0 Å². The molecule has 0 aliphatic carbocycles. The van der Waals surface area contributed by atoms with Crippen LogP contribution in [-0.2, 0) is 30.4 Å². The first kappa shape index (κ1) is 16.8. The van der Waals surface area contributed by atoms with Gasteiger partial charge in [0.2, 0.25) is 0 Å². The highest BCUT2D eigenvalue weighted by Gasteiger charge is 2.28. The first-order chi connectivity index (χ1) is 9.83. The van der Waals surface area contributed by atoms with Gasteiger partial charge in [0.1, 0.15) is 14.7 Å². The molecule has 9 nitrogen and oxygen atoms in total. The van der Waals surface area contributed by atoms with Crippen LogP contribution >= 0.6 is 0 Å². The third-order valence-electron chi connectivity index (χ3n) is 2.68. The van der Waals surface area contributed by atoms with E-state index in [0.29, 0.717) is 6.07 Å². The van der Waals surface area contributed by atoms with E-state index in [4.69, 9.17) is 9.11 Å². The molecule has 22 heavy (non-hydrogen) atoms. The molecule has 3 N–H and O–H groups in total. The lowest BCUT2D eigenvalue weighted by atomic mass is 10.1. The van der Waals surface area contributed by atoms with Crippen LogP contribution in [0.2, 0.25) is 0 Å². The molecule has 0 spiro atoms. The number of hydrogen-bond acceptors (Lipinski definition) is 6. The molecule has 119 valence electrons. The molecule has 0 saturated carbocycles. The average molecular weight is 367 g/mol. The van der Waals surface area contributed by atoms with Gasteiger partial charge in [0.05, 0.1) is 0 Å². The first-order valence-corrected chi connectivity index (χ1v) is 9.55. The zero-order valence-electron chi connectivity index (χ0n) is 10.3.